The van der Waals surface area contributed by atoms with Crippen LogP contribution in [0.3, 0.4) is 0 Å². The maximum Gasteiger partial charge on any atom is 0.323 e. The van der Waals surface area contributed by atoms with E-state index >= 15 is 0 Å². The third-order valence-corrected chi connectivity index (χ3v) is 5.69. The molecule has 162 valence electrons. The molecule has 1 aliphatic rings. The zero-order valence-electron chi connectivity index (χ0n) is 15.7. The van der Waals surface area contributed by atoms with E-state index in [0.29, 0.717) is 5.56 Å². The van der Waals surface area contributed by atoms with Gasteiger partial charge in [-0.2, -0.15) is 0 Å². The van der Waals surface area contributed by atoms with Crippen molar-refractivity contribution in [3.05, 3.63) is 93.4 Å². The molecule has 0 unspecified atom stereocenters. The number of benzene rings is 2. The Bertz CT molecular complexity index is 1180. The highest BCUT2D eigenvalue weighted by atomic mass is 32.2. The van der Waals surface area contributed by atoms with Crippen molar-refractivity contribution in [2.24, 2.45) is 0 Å². The number of anilines is 1. The number of nitrogens with zero attached hydrogens (tertiary/aromatic N) is 2. The lowest BCUT2D eigenvalue weighted by atomic mass is 10.2. The van der Waals surface area contributed by atoms with Gasteiger partial charge in [0.05, 0.1) is 22.0 Å². The van der Waals surface area contributed by atoms with Gasteiger partial charge in [0.25, 0.3) is 5.56 Å². The molecule has 31 heavy (non-hydrogen) atoms. The number of para-hydroxylation sites is 2. The van der Waals surface area contributed by atoms with Crippen LogP contribution in [-0.4, -0.2) is 27.4 Å². The number of aryl methyl sites for hydroxylation is 1. The lowest BCUT2D eigenvalue weighted by Gasteiger charge is -2.17. The fraction of sp³-hybridized carbons (Fsp3) is 0.167. The topological polar surface area (TPSA) is 78.3 Å². The lowest BCUT2D eigenvalue weighted by Crippen LogP contribution is -2.25. The number of carboxylic acids is 1. The number of H-pyrrole nitrogens is 1. The van der Waals surface area contributed by atoms with Crippen molar-refractivity contribution < 1.29 is 9.90 Å². The van der Waals surface area contributed by atoms with Crippen LogP contribution >= 0.6 is 11.8 Å². The first kappa shape index (κ1) is 23.8. The van der Waals surface area contributed by atoms with E-state index in [-0.39, 0.29) is 27.0 Å². The maximum atomic E-state index is 12.8. The van der Waals surface area contributed by atoms with Gasteiger partial charge in [-0.25, -0.2) is 4.68 Å². The van der Waals surface area contributed by atoms with Crippen LogP contribution in [0, 0.1) is 6.92 Å². The number of allylic oxidation sites excluding steroid dienone is 2. The highest BCUT2D eigenvalue weighted by molar-refractivity contribution is 8.03. The fourth-order valence-electron chi connectivity index (χ4n) is 3.22. The van der Waals surface area contributed by atoms with Gasteiger partial charge in [0.2, 0.25) is 0 Å². The van der Waals surface area contributed by atoms with Crippen molar-refractivity contribution in [1.82, 2.24) is 9.78 Å². The number of aromatic nitrogens is 2. The Labute approximate surface area is 186 Å². The van der Waals surface area contributed by atoms with Gasteiger partial charge in [-0.1, -0.05) is 63.0 Å². The smallest absolute Gasteiger partial charge is 0.323 e. The minimum atomic E-state index is -0.899. The van der Waals surface area contributed by atoms with Crippen LogP contribution in [0.2, 0.25) is 0 Å². The molecule has 0 atom stereocenters. The maximum absolute atomic E-state index is 12.8. The van der Waals surface area contributed by atoms with Crippen LogP contribution in [0.15, 0.2) is 81.5 Å². The third-order valence-electron chi connectivity index (χ3n) is 4.56. The number of aromatic amines is 1. The molecule has 0 aliphatic carbocycles. The fourth-order valence-corrected chi connectivity index (χ4v) is 4.29. The summed E-state index contributed by atoms with van der Waals surface area (Å²) in [6, 6.07) is 17.1. The standard InChI is InChI=1S/C22H19N3O3S.2CH4/c1-15-17(22(28)25(23-15)16-8-3-2-4-9-16)10-7-13-20-24(14-21(26)27)18-11-5-6-12-19(18)29-20;;/h2-13,23H,14H2,1H3,(H,26,27);2*1H4/b10-7+,20-13-;;. The Kier molecular flexibility index (Phi) is 7.72. The van der Waals surface area contributed by atoms with E-state index in [1.165, 1.54) is 16.4 Å². The molecular weight excluding hydrogens is 410 g/mol. The van der Waals surface area contributed by atoms with Gasteiger partial charge in [0.1, 0.15) is 6.54 Å². The number of thioether (sulfide) groups is 1. The van der Waals surface area contributed by atoms with Gasteiger partial charge in [0.15, 0.2) is 0 Å². The van der Waals surface area contributed by atoms with Crippen LogP contribution < -0.4 is 10.5 Å². The number of hydrogen-bond acceptors (Lipinski definition) is 4. The average molecular weight is 438 g/mol. The largest absolute Gasteiger partial charge is 0.480 e. The average Bonchev–Trinajstić information content (AvgIpc) is 3.20. The second-order valence-corrected chi connectivity index (χ2v) is 7.60. The predicted octanol–water partition coefficient (Wildman–Crippen LogP) is 5.30. The van der Waals surface area contributed by atoms with E-state index in [0.717, 1.165) is 27.0 Å². The number of hydrogen-bond donors (Lipinski definition) is 2. The Balaban J connectivity index is 0.00000171. The first-order valence-electron chi connectivity index (χ1n) is 9.06. The van der Waals surface area contributed by atoms with Crippen molar-refractivity contribution in [2.45, 2.75) is 26.7 Å². The van der Waals surface area contributed by atoms with Crippen molar-refractivity contribution in [3.8, 4) is 5.69 Å². The molecule has 3 aromatic rings. The molecule has 2 N–H and O–H groups in total. The molecule has 0 amide bonds. The Morgan fingerprint density at radius 3 is 2.48 bits per heavy atom. The number of aliphatic carboxylic acids is 1. The lowest BCUT2D eigenvalue weighted by molar-refractivity contribution is -0.135. The summed E-state index contributed by atoms with van der Waals surface area (Å²) in [6.45, 7) is 1.73. The molecule has 2 heterocycles. The minimum absolute atomic E-state index is 0. The molecule has 2 aromatic carbocycles. The van der Waals surface area contributed by atoms with Crippen LogP contribution in [0.1, 0.15) is 26.1 Å². The summed E-state index contributed by atoms with van der Waals surface area (Å²) in [4.78, 5) is 26.8. The Morgan fingerprint density at radius 2 is 1.77 bits per heavy atom. The molecule has 0 spiro atoms. The summed E-state index contributed by atoms with van der Waals surface area (Å²) in [6.07, 6.45) is 5.38. The number of nitrogens with one attached hydrogen (secondary N) is 1. The van der Waals surface area contributed by atoms with Gasteiger partial charge >= 0.3 is 5.97 Å². The molecule has 1 aliphatic heterocycles. The molecule has 0 bridgehead atoms. The molecule has 0 fully saturated rings. The SMILES string of the molecule is C.C.Cc1[nH]n(-c2ccccc2)c(=O)c1/C=C/C=C1\Sc2ccccc2N1CC(=O)O. The number of carboxylic acid groups (broad SMARTS) is 1. The van der Waals surface area contributed by atoms with E-state index in [1.807, 2.05) is 67.6 Å². The second-order valence-electron chi connectivity index (χ2n) is 6.54. The molecule has 0 saturated heterocycles. The van der Waals surface area contributed by atoms with Gasteiger partial charge in [-0.3, -0.25) is 14.7 Å². The van der Waals surface area contributed by atoms with Crippen LogP contribution in [0.25, 0.3) is 11.8 Å². The highest BCUT2D eigenvalue weighted by Crippen LogP contribution is 2.45. The first-order valence-corrected chi connectivity index (χ1v) is 9.88. The van der Waals surface area contributed by atoms with Crippen molar-refractivity contribution in [1.29, 1.82) is 0 Å². The summed E-state index contributed by atoms with van der Waals surface area (Å²) < 4.78 is 1.51. The van der Waals surface area contributed by atoms with Crippen molar-refractivity contribution in [2.75, 3.05) is 11.4 Å². The van der Waals surface area contributed by atoms with Crippen molar-refractivity contribution >= 4 is 29.5 Å². The van der Waals surface area contributed by atoms with E-state index in [1.54, 1.807) is 17.1 Å². The van der Waals surface area contributed by atoms with Crippen LogP contribution in [-0.2, 0) is 4.79 Å². The quantitative estimate of drug-likeness (QED) is 0.566. The Hall–Kier alpha value is -3.45. The number of rotatable bonds is 5. The molecule has 0 radical (unpaired) electrons. The van der Waals surface area contributed by atoms with Crippen LogP contribution in [0.5, 0.6) is 0 Å². The predicted molar refractivity (Wildman–Crippen MR) is 129 cm³/mol. The van der Waals surface area contributed by atoms with E-state index in [2.05, 4.69) is 5.10 Å². The molecular formula is C24H27N3O3S. The zero-order chi connectivity index (χ0) is 20.4. The van der Waals surface area contributed by atoms with Crippen molar-refractivity contribution in [3.63, 3.8) is 0 Å². The van der Waals surface area contributed by atoms with Gasteiger partial charge in [-0.05, 0) is 43.3 Å². The molecule has 7 heteroatoms. The van der Waals surface area contributed by atoms with Crippen LogP contribution in [0.4, 0.5) is 5.69 Å². The summed E-state index contributed by atoms with van der Waals surface area (Å²) in [5.41, 5.74) is 2.85. The summed E-state index contributed by atoms with van der Waals surface area (Å²) in [7, 11) is 0. The Morgan fingerprint density at radius 1 is 1.10 bits per heavy atom. The highest BCUT2D eigenvalue weighted by Gasteiger charge is 2.25. The summed E-state index contributed by atoms with van der Waals surface area (Å²) >= 11 is 1.51. The number of fused-ring (bicyclic) bond motifs is 1. The molecule has 4 rings (SSSR count). The normalized spacial score (nSPS) is 13.7. The van der Waals surface area contributed by atoms with Gasteiger partial charge in [0, 0.05) is 10.6 Å². The molecule has 6 nitrogen and oxygen atoms in total. The zero-order valence-corrected chi connectivity index (χ0v) is 16.5. The summed E-state index contributed by atoms with van der Waals surface area (Å²) in [5, 5.41) is 13.2. The monoisotopic (exact) mass is 437 g/mol. The van der Waals surface area contributed by atoms with Gasteiger partial charge in [-0.15, -0.1) is 0 Å². The third kappa shape index (κ3) is 4.83. The second kappa shape index (κ2) is 10.0. The summed E-state index contributed by atoms with van der Waals surface area (Å²) in [5.74, 6) is -0.899. The molecule has 0 saturated carbocycles. The first-order chi connectivity index (χ1) is 14.0. The van der Waals surface area contributed by atoms with E-state index in [4.69, 9.17) is 0 Å². The van der Waals surface area contributed by atoms with E-state index in [9.17, 15) is 14.7 Å². The van der Waals surface area contributed by atoms with Gasteiger partial charge < -0.3 is 10.0 Å². The number of carbonyl (C=O) groups is 1. The minimum Gasteiger partial charge on any atom is -0.480 e. The van der Waals surface area contributed by atoms with E-state index < -0.39 is 5.97 Å². The molecule has 1 aromatic heterocycles.